The molecular weight excluding hydrogens is 421 g/mol. The van der Waals surface area contributed by atoms with Gasteiger partial charge < -0.3 is 10.2 Å². The highest BCUT2D eigenvalue weighted by atomic mass is 35.5. The summed E-state index contributed by atoms with van der Waals surface area (Å²) in [6, 6.07) is 8.13. The number of rotatable bonds is 6. The number of benzene rings is 2. The van der Waals surface area contributed by atoms with Crippen molar-refractivity contribution in [1.29, 1.82) is 0 Å². The van der Waals surface area contributed by atoms with E-state index in [4.69, 9.17) is 23.2 Å². The first-order valence-corrected chi connectivity index (χ1v) is 10.1. The van der Waals surface area contributed by atoms with Crippen LogP contribution in [0.5, 0.6) is 0 Å². The van der Waals surface area contributed by atoms with Gasteiger partial charge in [-0.1, -0.05) is 29.3 Å². The Morgan fingerprint density at radius 2 is 1.90 bits per heavy atom. The van der Waals surface area contributed by atoms with Crippen LogP contribution in [0.15, 0.2) is 36.4 Å². The molecule has 0 radical (unpaired) electrons. The van der Waals surface area contributed by atoms with Crippen LogP contribution in [0.3, 0.4) is 0 Å². The summed E-state index contributed by atoms with van der Waals surface area (Å²) in [6.45, 7) is 0.879. The number of hydrogen-bond donors (Lipinski definition) is 1. The van der Waals surface area contributed by atoms with Crippen molar-refractivity contribution in [2.45, 2.75) is 31.7 Å². The van der Waals surface area contributed by atoms with Gasteiger partial charge >= 0.3 is 0 Å². The fraction of sp³-hybridized carbons (Fsp3) is 0.333. The molecule has 0 aliphatic carbocycles. The van der Waals surface area contributed by atoms with Crippen molar-refractivity contribution in [3.63, 3.8) is 0 Å². The second-order valence-electron chi connectivity index (χ2n) is 6.90. The number of nitrogens with one attached hydrogen (secondary N) is 1. The standard InChI is InChI=1S/C21H20Cl2F2N2O2/c22-16-8-5-13(11-17(16)23)19-3-2-10-27(19)20(28)4-1-9-26-21(29)15-7-6-14(24)12-18(15)25/h5-8,11-12,19H,1-4,9-10H2,(H,26,29). The van der Waals surface area contributed by atoms with Gasteiger partial charge in [-0.05, 0) is 49.1 Å². The number of likely N-dealkylation sites (tertiary alicyclic amines) is 1. The molecule has 0 spiro atoms. The summed E-state index contributed by atoms with van der Waals surface area (Å²) in [5.74, 6) is -2.31. The Morgan fingerprint density at radius 1 is 1.10 bits per heavy atom. The third kappa shape index (κ3) is 5.25. The summed E-state index contributed by atoms with van der Waals surface area (Å²) in [5, 5.41) is 3.49. The molecule has 2 amide bonds. The molecule has 8 heteroatoms. The van der Waals surface area contributed by atoms with Crippen molar-refractivity contribution in [2.75, 3.05) is 13.1 Å². The van der Waals surface area contributed by atoms with Crippen molar-refractivity contribution in [2.24, 2.45) is 0 Å². The minimum atomic E-state index is -0.917. The lowest BCUT2D eigenvalue weighted by Gasteiger charge is -2.25. The third-order valence-corrected chi connectivity index (χ3v) is 5.67. The van der Waals surface area contributed by atoms with Crippen molar-refractivity contribution in [1.82, 2.24) is 10.2 Å². The van der Waals surface area contributed by atoms with Gasteiger partial charge in [-0.3, -0.25) is 9.59 Å². The van der Waals surface area contributed by atoms with E-state index < -0.39 is 17.5 Å². The van der Waals surface area contributed by atoms with Crippen LogP contribution >= 0.6 is 23.2 Å². The second kappa shape index (κ2) is 9.55. The van der Waals surface area contributed by atoms with Crippen molar-refractivity contribution >= 4 is 35.0 Å². The van der Waals surface area contributed by atoms with Gasteiger partial charge in [0.05, 0.1) is 21.7 Å². The zero-order valence-electron chi connectivity index (χ0n) is 15.6. The first-order chi connectivity index (χ1) is 13.9. The number of carbonyl (C=O) groups is 2. The zero-order chi connectivity index (χ0) is 21.0. The van der Waals surface area contributed by atoms with Crippen molar-refractivity contribution < 1.29 is 18.4 Å². The minimum Gasteiger partial charge on any atom is -0.352 e. The first-order valence-electron chi connectivity index (χ1n) is 9.34. The molecule has 3 rings (SSSR count). The molecule has 1 saturated heterocycles. The summed E-state index contributed by atoms with van der Waals surface area (Å²) < 4.78 is 26.5. The SMILES string of the molecule is O=C(NCCCC(=O)N1CCCC1c1ccc(Cl)c(Cl)c1)c1ccc(F)cc1F. The zero-order valence-corrected chi connectivity index (χ0v) is 17.1. The number of halogens is 4. The van der Waals surface area contributed by atoms with Crippen LogP contribution in [0.25, 0.3) is 0 Å². The minimum absolute atomic E-state index is 0.0132. The van der Waals surface area contributed by atoms with Crippen LogP contribution in [0, 0.1) is 11.6 Å². The molecule has 1 atom stereocenters. The third-order valence-electron chi connectivity index (χ3n) is 4.93. The summed E-state index contributed by atoms with van der Waals surface area (Å²) in [5.41, 5.74) is 0.724. The molecule has 4 nitrogen and oxygen atoms in total. The summed E-state index contributed by atoms with van der Waals surface area (Å²) >= 11 is 12.1. The monoisotopic (exact) mass is 440 g/mol. The molecule has 0 bridgehead atoms. The van der Waals surface area contributed by atoms with E-state index in [0.717, 1.165) is 30.5 Å². The van der Waals surface area contributed by atoms with Gasteiger partial charge in [0.25, 0.3) is 5.91 Å². The summed E-state index contributed by atoms with van der Waals surface area (Å²) in [7, 11) is 0. The Bertz CT molecular complexity index is 924. The van der Waals surface area contributed by atoms with Gasteiger partial charge in [0.2, 0.25) is 5.91 Å². The lowest BCUT2D eigenvalue weighted by Crippen LogP contribution is -2.32. The Balaban J connectivity index is 1.51. The lowest BCUT2D eigenvalue weighted by molar-refractivity contribution is -0.132. The van der Waals surface area contributed by atoms with Crippen LogP contribution in [0.4, 0.5) is 8.78 Å². The first kappa shape index (κ1) is 21.5. The van der Waals surface area contributed by atoms with E-state index in [1.165, 1.54) is 0 Å². The molecule has 29 heavy (non-hydrogen) atoms. The number of hydrogen-bond acceptors (Lipinski definition) is 2. The van der Waals surface area contributed by atoms with E-state index in [9.17, 15) is 18.4 Å². The highest BCUT2D eigenvalue weighted by molar-refractivity contribution is 6.42. The van der Waals surface area contributed by atoms with Gasteiger partial charge in [0, 0.05) is 25.6 Å². The van der Waals surface area contributed by atoms with Gasteiger partial charge in [-0.2, -0.15) is 0 Å². The van der Waals surface area contributed by atoms with E-state index in [0.29, 0.717) is 29.1 Å². The molecule has 1 heterocycles. The Morgan fingerprint density at radius 3 is 2.62 bits per heavy atom. The van der Waals surface area contributed by atoms with Crippen molar-refractivity contribution in [3.05, 3.63) is 69.2 Å². The van der Waals surface area contributed by atoms with Crippen LogP contribution in [-0.2, 0) is 4.79 Å². The van der Waals surface area contributed by atoms with E-state index in [1.807, 2.05) is 11.0 Å². The second-order valence-corrected chi connectivity index (χ2v) is 7.72. The van der Waals surface area contributed by atoms with Gasteiger partial charge in [-0.25, -0.2) is 8.78 Å². The average Bonchev–Trinajstić information content (AvgIpc) is 3.17. The van der Waals surface area contributed by atoms with Gasteiger partial charge in [0.1, 0.15) is 11.6 Å². The van der Waals surface area contributed by atoms with E-state index >= 15 is 0 Å². The Hall–Kier alpha value is -2.18. The highest BCUT2D eigenvalue weighted by Crippen LogP contribution is 2.35. The number of carbonyl (C=O) groups excluding carboxylic acids is 2. The van der Waals surface area contributed by atoms with E-state index in [2.05, 4.69) is 5.32 Å². The molecule has 1 N–H and O–H groups in total. The molecule has 1 aliphatic rings. The molecule has 2 aromatic rings. The Kier molecular flexibility index (Phi) is 7.09. The average molecular weight is 441 g/mol. The smallest absolute Gasteiger partial charge is 0.254 e. The number of amides is 2. The largest absolute Gasteiger partial charge is 0.352 e. The predicted molar refractivity (Wildman–Crippen MR) is 108 cm³/mol. The maximum Gasteiger partial charge on any atom is 0.254 e. The fourth-order valence-corrected chi connectivity index (χ4v) is 3.79. The summed E-state index contributed by atoms with van der Waals surface area (Å²) in [6.07, 6.45) is 2.42. The molecule has 0 aromatic heterocycles. The fourth-order valence-electron chi connectivity index (χ4n) is 3.49. The Labute approximate surface area is 177 Å². The maximum absolute atomic E-state index is 13.6. The molecule has 1 aliphatic heterocycles. The number of nitrogens with zero attached hydrogens (tertiary/aromatic N) is 1. The lowest BCUT2D eigenvalue weighted by atomic mass is 10.0. The summed E-state index contributed by atoms with van der Waals surface area (Å²) in [4.78, 5) is 26.4. The van der Waals surface area contributed by atoms with Crippen LogP contribution in [0.1, 0.15) is 47.6 Å². The normalized spacial score (nSPS) is 16.1. The van der Waals surface area contributed by atoms with Crippen LogP contribution < -0.4 is 5.32 Å². The van der Waals surface area contributed by atoms with Crippen molar-refractivity contribution in [3.8, 4) is 0 Å². The van der Waals surface area contributed by atoms with Gasteiger partial charge in [-0.15, -0.1) is 0 Å². The maximum atomic E-state index is 13.6. The molecule has 1 fully saturated rings. The van der Waals surface area contributed by atoms with Crippen LogP contribution in [0.2, 0.25) is 10.0 Å². The molecule has 0 saturated carbocycles. The molecule has 2 aromatic carbocycles. The van der Waals surface area contributed by atoms with E-state index in [-0.39, 0.29) is 30.5 Å². The van der Waals surface area contributed by atoms with Gasteiger partial charge in [0.15, 0.2) is 0 Å². The highest BCUT2D eigenvalue weighted by Gasteiger charge is 2.29. The predicted octanol–water partition coefficient (Wildman–Crippen LogP) is 5.15. The van der Waals surface area contributed by atoms with E-state index in [1.54, 1.807) is 12.1 Å². The molecule has 1 unspecified atom stereocenters. The topological polar surface area (TPSA) is 49.4 Å². The molecule has 154 valence electrons. The van der Waals surface area contributed by atoms with Crippen LogP contribution in [-0.4, -0.2) is 29.8 Å². The molecular formula is C21H20Cl2F2N2O2. The quantitative estimate of drug-likeness (QED) is 0.631.